The van der Waals surface area contributed by atoms with Crippen LogP contribution < -0.4 is 10.6 Å². The van der Waals surface area contributed by atoms with Crippen LogP contribution >= 0.6 is 0 Å². The monoisotopic (exact) mass is 221 g/mol. The Balaban J connectivity index is 2.06. The van der Waals surface area contributed by atoms with Crippen molar-refractivity contribution < 1.29 is 0 Å². The van der Waals surface area contributed by atoms with Gasteiger partial charge in [0.05, 0.1) is 5.35 Å². The van der Waals surface area contributed by atoms with Gasteiger partial charge in [0, 0.05) is 6.20 Å². The third kappa shape index (κ3) is 3.42. The van der Waals surface area contributed by atoms with E-state index >= 15 is 0 Å². The van der Waals surface area contributed by atoms with Gasteiger partial charge in [0.1, 0.15) is 0 Å². The molecule has 84 valence electrons. The summed E-state index contributed by atoms with van der Waals surface area (Å²) >= 11 is 0. The summed E-state index contributed by atoms with van der Waals surface area (Å²) in [6.45, 7) is 3.93. The minimum atomic E-state index is 0.928. The molecule has 0 atom stereocenters. The van der Waals surface area contributed by atoms with E-state index in [1.165, 1.54) is 5.56 Å². The summed E-state index contributed by atoms with van der Waals surface area (Å²) in [7, 11) is 0. The lowest BCUT2D eigenvalue weighted by atomic mass is 10.1. The van der Waals surface area contributed by atoms with Crippen LogP contribution in [0.3, 0.4) is 0 Å². The lowest BCUT2D eigenvalue weighted by Gasteiger charge is -1.92. The van der Waals surface area contributed by atoms with Crippen molar-refractivity contribution in [2.24, 2.45) is 0 Å². The zero-order valence-corrected chi connectivity index (χ0v) is 9.71. The van der Waals surface area contributed by atoms with Gasteiger partial charge in [-0.2, -0.15) is 0 Å². The van der Waals surface area contributed by atoms with E-state index < -0.39 is 0 Å². The number of hydrogen-bond donors (Lipinski definition) is 0. The minimum Gasteiger partial charge on any atom is -0.256 e. The predicted octanol–water partition coefficient (Wildman–Crippen LogP) is 2.07. The van der Waals surface area contributed by atoms with E-state index in [1.54, 1.807) is 6.20 Å². The molecule has 0 fully saturated rings. The summed E-state index contributed by atoms with van der Waals surface area (Å²) in [5.41, 5.74) is 1.31. The maximum Gasteiger partial charge on any atom is 0.0695 e. The zero-order valence-electron chi connectivity index (χ0n) is 9.71. The first-order chi connectivity index (χ1) is 8.36. The van der Waals surface area contributed by atoms with Gasteiger partial charge in [-0.15, -0.1) is 0 Å². The molecule has 2 aromatic rings. The first-order valence-electron chi connectivity index (χ1n) is 5.67. The van der Waals surface area contributed by atoms with Crippen LogP contribution in [-0.2, 0) is 6.42 Å². The SMILES string of the molecule is C=c1cccn/c1=C/C=C\Cc1ccccc1. The number of hydrogen-bond acceptors (Lipinski definition) is 1. The normalized spacial score (nSPS) is 12.1. The summed E-state index contributed by atoms with van der Waals surface area (Å²) in [6.07, 6.45) is 8.88. The fraction of sp³-hybridized carbons (Fsp3) is 0.0625. The smallest absolute Gasteiger partial charge is 0.0695 e. The third-order valence-corrected chi connectivity index (χ3v) is 2.51. The first kappa shape index (κ1) is 11.3. The summed E-state index contributed by atoms with van der Waals surface area (Å²) in [6, 6.07) is 14.2. The standard InChI is InChI=1S/C16H15N/c1-14-8-7-13-17-16(14)12-6-5-11-15-9-3-2-4-10-15/h2-10,12-13H,1,11H2/b6-5-,16-12+. The van der Waals surface area contributed by atoms with Crippen LogP contribution in [0.1, 0.15) is 5.56 Å². The van der Waals surface area contributed by atoms with Gasteiger partial charge in [-0.05, 0) is 29.3 Å². The van der Waals surface area contributed by atoms with Crippen LogP contribution in [0.15, 0.2) is 60.8 Å². The fourth-order valence-corrected chi connectivity index (χ4v) is 1.58. The lowest BCUT2D eigenvalue weighted by Crippen LogP contribution is -2.25. The molecular weight excluding hydrogens is 206 g/mol. The van der Waals surface area contributed by atoms with E-state index in [4.69, 9.17) is 0 Å². The fourth-order valence-electron chi connectivity index (χ4n) is 1.58. The van der Waals surface area contributed by atoms with E-state index in [-0.39, 0.29) is 0 Å². The maximum absolute atomic E-state index is 4.25. The first-order valence-corrected chi connectivity index (χ1v) is 5.67. The van der Waals surface area contributed by atoms with Gasteiger partial charge < -0.3 is 0 Å². The number of rotatable bonds is 3. The molecule has 0 N–H and O–H groups in total. The van der Waals surface area contributed by atoms with Gasteiger partial charge in [-0.25, -0.2) is 0 Å². The molecule has 0 amide bonds. The molecule has 0 unspecified atom stereocenters. The van der Waals surface area contributed by atoms with Gasteiger partial charge in [0.15, 0.2) is 0 Å². The molecule has 0 aliphatic rings. The molecule has 0 saturated heterocycles. The molecule has 1 aromatic heterocycles. The highest BCUT2D eigenvalue weighted by Gasteiger charge is 1.84. The number of pyridine rings is 1. The topological polar surface area (TPSA) is 12.9 Å². The third-order valence-electron chi connectivity index (χ3n) is 2.51. The molecule has 0 radical (unpaired) electrons. The zero-order chi connectivity index (χ0) is 11.9. The highest BCUT2D eigenvalue weighted by molar-refractivity contribution is 5.35. The van der Waals surface area contributed by atoms with Crippen molar-refractivity contribution in [3.63, 3.8) is 0 Å². The van der Waals surface area contributed by atoms with E-state index in [0.29, 0.717) is 0 Å². The highest BCUT2D eigenvalue weighted by Crippen LogP contribution is 1.99. The summed E-state index contributed by atoms with van der Waals surface area (Å²) in [5.74, 6) is 0. The van der Waals surface area contributed by atoms with Gasteiger partial charge >= 0.3 is 0 Å². The summed E-state index contributed by atoms with van der Waals surface area (Å²) in [5, 5.41) is 1.88. The molecular formula is C16H15N. The van der Waals surface area contributed by atoms with Gasteiger partial charge in [-0.3, -0.25) is 4.98 Å². The average Bonchev–Trinajstić information content (AvgIpc) is 2.38. The maximum atomic E-state index is 4.25. The summed E-state index contributed by atoms with van der Waals surface area (Å²) < 4.78 is 0. The molecule has 1 heteroatoms. The van der Waals surface area contributed by atoms with Gasteiger partial charge in [0.25, 0.3) is 0 Å². The van der Waals surface area contributed by atoms with E-state index in [0.717, 1.165) is 17.0 Å². The molecule has 0 bridgehead atoms. The van der Waals surface area contributed by atoms with Crippen LogP contribution in [0.5, 0.6) is 0 Å². The quantitative estimate of drug-likeness (QED) is 0.773. The Kier molecular flexibility index (Phi) is 3.87. The number of aromatic nitrogens is 1. The van der Waals surface area contributed by atoms with Crippen molar-refractivity contribution in [1.82, 2.24) is 4.98 Å². The predicted molar refractivity (Wildman–Crippen MR) is 72.8 cm³/mol. The van der Waals surface area contributed by atoms with Crippen molar-refractivity contribution in [3.05, 3.63) is 76.9 Å². The van der Waals surface area contributed by atoms with Crippen molar-refractivity contribution in [2.75, 3.05) is 0 Å². The Labute approximate surface area is 101 Å². The Morgan fingerprint density at radius 2 is 1.88 bits per heavy atom. The number of allylic oxidation sites excluding steroid dienone is 2. The second kappa shape index (κ2) is 5.80. The highest BCUT2D eigenvalue weighted by atomic mass is 14.6. The molecule has 1 heterocycles. The van der Waals surface area contributed by atoms with Crippen LogP contribution in [0.25, 0.3) is 12.7 Å². The Morgan fingerprint density at radius 3 is 2.65 bits per heavy atom. The molecule has 0 saturated carbocycles. The van der Waals surface area contributed by atoms with Gasteiger partial charge in [-0.1, -0.05) is 55.1 Å². The van der Waals surface area contributed by atoms with Crippen LogP contribution in [-0.4, -0.2) is 4.98 Å². The molecule has 1 nitrogen and oxygen atoms in total. The van der Waals surface area contributed by atoms with Crippen LogP contribution in [0.4, 0.5) is 0 Å². The van der Waals surface area contributed by atoms with Crippen LogP contribution in [0.2, 0.25) is 0 Å². The molecule has 1 aromatic carbocycles. The Bertz CT molecular complexity index is 597. The van der Waals surface area contributed by atoms with Crippen molar-refractivity contribution in [3.8, 4) is 0 Å². The molecule has 2 rings (SSSR count). The second-order valence-electron chi connectivity index (χ2n) is 3.83. The minimum absolute atomic E-state index is 0.928. The Morgan fingerprint density at radius 1 is 1.06 bits per heavy atom. The molecule has 0 aliphatic heterocycles. The van der Waals surface area contributed by atoms with Gasteiger partial charge in [0.2, 0.25) is 0 Å². The summed E-state index contributed by atoms with van der Waals surface area (Å²) in [4.78, 5) is 4.25. The molecule has 0 spiro atoms. The number of nitrogens with zero attached hydrogens (tertiary/aromatic N) is 1. The Hall–Kier alpha value is -2.15. The van der Waals surface area contributed by atoms with E-state index in [9.17, 15) is 0 Å². The van der Waals surface area contributed by atoms with E-state index in [2.05, 4.69) is 41.9 Å². The number of benzene rings is 1. The molecule has 0 aliphatic carbocycles. The van der Waals surface area contributed by atoms with Crippen molar-refractivity contribution in [1.29, 1.82) is 0 Å². The molecule has 17 heavy (non-hydrogen) atoms. The second-order valence-corrected chi connectivity index (χ2v) is 3.83. The largest absolute Gasteiger partial charge is 0.256 e. The lowest BCUT2D eigenvalue weighted by molar-refractivity contribution is 1.22. The van der Waals surface area contributed by atoms with Crippen LogP contribution in [0, 0.1) is 0 Å². The average molecular weight is 221 g/mol. The van der Waals surface area contributed by atoms with Crippen molar-refractivity contribution >= 4 is 12.7 Å². The van der Waals surface area contributed by atoms with E-state index in [1.807, 2.05) is 30.4 Å². The van der Waals surface area contributed by atoms with Crippen molar-refractivity contribution in [2.45, 2.75) is 6.42 Å².